The smallest absolute Gasteiger partial charge is 0.243 e. The van der Waals surface area contributed by atoms with Gasteiger partial charge in [0.05, 0.1) is 6.42 Å². The molecule has 3 aromatic rings. The molecule has 0 unspecified atom stereocenters. The van der Waals surface area contributed by atoms with Gasteiger partial charge in [-0.2, -0.15) is 0 Å². The third-order valence-electron chi connectivity index (χ3n) is 5.78. The maximum Gasteiger partial charge on any atom is 0.243 e. The van der Waals surface area contributed by atoms with Crippen LogP contribution in [0.5, 0.6) is 0 Å². The van der Waals surface area contributed by atoms with E-state index in [1.807, 2.05) is 68.4 Å². The summed E-state index contributed by atoms with van der Waals surface area (Å²) in [6.45, 7) is 4.25. The predicted molar refractivity (Wildman–Crippen MR) is 137 cm³/mol. The Labute approximate surface area is 209 Å². The van der Waals surface area contributed by atoms with E-state index in [-0.39, 0.29) is 36.6 Å². The van der Waals surface area contributed by atoms with Gasteiger partial charge >= 0.3 is 0 Å². The van der Waals surface area contributed by atoms with Gasteiger partial charge in [0.25, 0.3) is 0 Å². The van der Waals surface area contributed by atoms with Crippen molar-refractivity contribution < 1.29 is 14.0 Å². The molecule has 0 aliphatic heterocycles. The molecule has 178 valence electrons. The van der Waals surface area contributed by atoms with E-state index in [0.29, 0.717) is 12.0 Å². The van der Waals surface area contributed by atoms with Gasteiger partial charge in [0.2, 0.25) is 11.8 Å². The molecule has 6 heteroatoms. The molecule has 0 fully saturated rings. The Morgan fingerprint density at radius 2 is 1.62 bits per heavy atom. The van der Waals surface area contributed by atoms with Crippen molar-refractivity contribution in [3.63, 3.8) is 0 Å². The fourth-order valence-electron chi connectivity index (χ4n) is 3.71. The highest BCUT2D eigenvalue weighted by Gasteiger charge is 2.31. The highest BCUT2D eigenvalue weighted by Crippen LogP contribution is 2.19. The highest BCUT2D eigenvalue weighted by molar-refractivity contribution is 9.10. The third-order valence-corrected chi connectivity index (χ3v) is 6.28. The highest BCUT2D eigenvalue weighted by atomic mass is 79.9. The van der Waals surface area contributed by atoms with E-state index in [0.717, 1.165) is 22.0 Å². The molecule has 2 atom stereocenters. The SMILES string of the molecule is CC[C@H](C)NC(=O)[C@@H](Cc1ccccc1)N(Cc1cccc(Br)c1)C(=O)Cc1ccc(F)cc1. The second-order valence-electron chi connectivity index (χ2n) is 8.48. The Hall–Kier alpha value is -2.99. The fourth-order valence-corrected chi connectivity index (χ4v) is 4.15. The summed E-state index contributed by atoms with van der Waals surface area (Å²) in [5, 5.41) is 3.06. The summed E-state index contributed by atoms with van der Waals surface area (Å²) in [6, 6.07) is 22.6. The number of amides is 2. The standard InChI is InChI=1S/C28H30BrFN2O2/c1-3-20(2)31-28(34)26(17-21-8-5-4-6-9-21)32(19-23-10-7-11-24(29)16-23)27(33)18-22-12-14-25(30)15-13-22/h4-16,20,26H,3,17-19H2,1-2H3,(H,31,34)/t20-,26+/m0/s1. The van der Waals surface area contributed by atoms with Crippen LogP contribution in [0.4, 0.5) is 4.39 Å². The molecule has 0 spiro atoms. The van der Waals surface area contributed by atoms with Crippen molar-refractivity contribution in [2.75, 3.05) is 0 Å². The van der Waals surface area contributed by atoms with Crippen LogP contribution in [0, 0.1) is 5.82 Å². The Morgan fingerprint density at radius 3 is 2.26 bits per heavy atom. The maximum atomic E-state index is 13.6. The monoisotopic (exact) mass is 524 g/mol. The van der Waals surface area contributed by atoms with Gasteiger partial charge in [-0.05, 0) is 54.3 Å². The Morgan fingerprint density at radius 1 is 0.941 bits per heavy atom. The van der Waals surface area contributed by atoms with E-state index in [2.05, 4.69) is 21.2 Å². The summed E-state index contributed by atoms with van der Waals surface area (Å²) in [7, 11) is 0. The molecule has 0 saturated carbocycles. The molecule has 0 saturated heterocycles. The molecular weight excluding hydrogens is 495 g/mol. The number of carbonyl (C=O) groups is 2. The molecule has 2 amide bonds. The second kappa shape index (κ2) is 12.5. The quantitative estimate of drug-likeness (QED) is 0.370. The molecule has 3 rings (SSSR count). The van der Waals surface area contributed by atoms with Crippen molar-refractivity contribution in [2.45, 2.75) is 51.7 Å². The van der Waals surface area contributed by atoms with Crippen LogP contribution in [0.2, 0.25) is 0 Å². The average Bonchev–Trinajstić information content (AvgIpc) is 2.83. The van der Waals surface area contributed by atoms with Crippen LogP contribution in [0.25, 0.3) is 0 Å². The van der Waals surface area contributed by atoms with Gasteiger partial charge in [-0.15, -0.1) is 0 Å². The summed E-state index contributed by atoms with van der Waals surface area (Å²) in [5.74, 6) is -0.718. The van der Waals surface area contributed by atoms with Crippen LogP contribution < -0.4 is 5.32 Å². The Bertz CT molecular complexity index is 1090. The van der Waals surface area contributed by atoms with Crippen LogP contribution in [-0.2, 0) is 29.0 Å². The number of rotatable bonds is 10. The van der Waals surface area contributed by atoms with E-state index >= 15 is 0 Å². The lowest BCUT2D eigenvalue weighted by Crippen LogP contribution is -2.52. The number of hydrogen-bond acceptors (Lipinski definition) is 2. The van der Waals surface area contributed by atoms with Crippen molar-refractivity contribution in [3.05, 3.63) is 106 Å². The Balaban J connectivity index is 1.96. The van der Waals surface area contributed by atoms with Crippen LogP contribution in [0.1, 0.15) is 37.0 Å². The van der Waals surface area contributed by atoms with Crippen molar-refractivity contribution in [2.24, 2.45) is 0 Å². The summed E-state index contributed by atoms with van der Waals surface area (Å²) in [5.41, 5.74) is 2.59. The van der Waals surface area contributed by atoms with Crippen molar-refractivity contribution in [1.82, 2.24) is 10.2 Å². The first-order valence-electron chi connectivity index (χ1n) is 11.5. The molecule has 0 radical (unpaired) electrons. The molecule has 3 aromatic carbocycles. The molecular formula is C28H30BrFN2O2. The number of halogens is 2. The number of benzene rings is 3. The zero-order valence-corrected chi connectivity index (χ0v) is 21.1. The number of carbonyl (C=O) groups excluding carboxylic acids is 2. The Kier molecular flexibility index (Phi) is 9.40. The summed E-state index contributed by atoms with van der Waals surface area (Å²) in [6.07, 6.45) is 1.27. The van der Waals surface area contributed by atoms with E-state index in [4.69, 9.17) is 0 Å². The lowest BCUT2D eigenvalue weighted by Gasteiger charge is -2.32. The molecule has 0 aromatic heterocycles. The lowest BCUT2D eigenvalue weighted by atomic mass is 10.0. The van der Waals surface area contributed by atoms with E-state index < -0.39 is 6.04 Å². The zero-order chi connectivity index (χ0) is 24.5. The first-order valence-corrected chi connectivity index (χ1v) is 12.3. The normalized spacial score (nSPS) is 12.6. The van der Waals surface area contributed by atoms with Gasteiger partial charge in [-0.1, -0.05) is 77.5 Å². The van der Waals surface area contributed by atoms with Gasteiger partial charge in [0, 0.05) is 23.5 Å². The minimum Gasteiger partial charge on any atom is -0.352 e. The molecule has 4 nitrogen and oxygen atoms in total. The van der Waals surface area contributed by atoms with Crippen molar-refractivity contribution in [3.8, 4) is 0 Å². The van der Waals surface area contributed by atoms with Gasteiger partial charge in [-0.25, -0.2) is 4.39 Å². The first kappa shape index (κ1) is 25.6. The lowest BCUT2D eigenvalue weighted by molar-refractivity contribution is -0.141. The van der Waals surface area contributed by atoms with Gasteiger partial charge < -0.3 is 10.2 Å². The van der Waals surface area contributed by atoms with Gasteiger partial charge in [-0.3, -0.25) is 9.59 Å². The van der Waals surface area contributed by atoms with E-state index in [1.165, 1.54) is 12.1 Å². The van der Waals surface area contributed by atoms with Crippen LogP contribution in [0.3, 0.4) is 0 Å². The summed E-state index contributed by atoms with van der Waals surface area (Å²) >= 11 is 3.49. The van der Waals surface area contributed by atoms with Crippen LogP contribution >= 0.6 is 15.9 Å². The number of nitrogens with zero attached hydrogens (tertiary/aromatic N) is 1. The topological polar surface area (TPSA) is 49.4 Å². The molecule has 1 N–H and O–H groups in total. The largest absolute Gasteiger partial charge is 0.352 e. The van der Waals surface area contributed by atoms with E-state index in [1.54, 1.807) is 17.0 Å². The predicted octanol–water partition coefficient (Wildman–Crippen LogP) is 5.69. The van der Waals surface area contributed by atoms with Gasteiger partial charge in [0.15, 0.2) is 0 Å². The second-order valence-corrected chi connectivity index (χ2v) is 9.39. The zero-order valence-electron chi connectivity index (χ0n) is 19.5. The van der Waals surface area contributed by atoms with E-state index in [9.17, 15) is 14.0 Å². The number of nitrogens with one attached hydrogen (secondary N) is 1. The minimum atomic E-state index is -0.691. The first-order chi connectivity index (χ1) is 16.4. The molecule has 0 aliphatic carbocycles. The molecule has 0 heterocycles. The van der Waals surface area contributed by atoms with Crippen molar-refractivity contribution in [1.29, 1.82) is 0 Å². The molecule has 0 aliphatic rings. The average molecular weight is 525 g/mol. The maximum absolute atomic E-state index is 13.6. The van der Waals surface area contributed by atoms with Crippen LogP contribution in [-0.4, -0.2) is 28.8 Å². The van der Waals surface area contributed by atoms with Crippen LogP contribution in [0.15, 0.2) is 83.3 Å². The summed E-state index contributed by atoms with van der Waals surface area (Å²) in [4.78, 5) is 28.7. The van der Waals surface area contributed by atoms with Crippen molar-refractivity contribution >= 4 is 27.7 Å². The van der Waals surface area contributed by atoms with Gasteiger partial charge in [0.1, 0.15) is 11.9 Å². The molecule has 34 heavy (non-hydrogen) atoms. The number of hydrogen-bond donors (Lipinski definition) is 1. The minimum absolute atomic E-state index is 0.00862. The summed E-state index contributed by atoms with van der Waals surface area (Å²) < 4.78 is 14.3. The fraction of sp³-hybridized carbons (Fsp3) is 0.286. The third kappa shape index (κ3) is 7.52. The molecule has 0 bridgehead atoms.